The summed E-state index contributed by atoms with van der Waals surface area (Å²) in [5.74, 6) is -1.42. The van der Waals surface area contributed by atoms with Gasteiger partial charge in [0.05, 0.1) is 5.69 Å². The highest BCUT2D eigenvalue weighted by Crippen LogP contribution is 2.28. The fourth-order valence-electron chi connectivity index (χ4n) is 3.09. The Morgan fingerprint density at radius 1 is 1.06 bits per heavy atom. The normalized spacial score (nSPS) is 10.4. The van der Waals surface area contributed by atoms with E-state index in [1.807, 2.05) is 62.4 Å². The van der Waals surface area contributed by atoms with Gasteiger partial charge >= 0.3 is 12.0 Å². The van der Waals surface area contributed by atoms with Gasteiger partial charge in [-0.3, -0.25) is 10.1 Å². The quantitative estimate of drug-likeness (QED) is 0.597. The van der Waals surface area contributed by atoms with E-state index in [0.29, 0.717) is 12.2 Å². The van der Waals surface area contributed by atoms with Gasteiger partial charge in [-0.1, -0.05) is 42.0 Å². The molecule has 0 saturated carbocycles. The van der Waals surface area contributed by atoms with E-state index in [2.05, 4.69) is 15.7 Å². The third kappa shape index (κ3) is 5.36. The maximum Gasteiger partial charge on any atom is 0.342 e. The number of nitrogens with zero attached hydrogens (tertiary/aromatic N) is 2. The number of rotatable bonds is 6. The van der Waals surface area contributed by atoms with Crippen LogP contribution in [0.25, 0.3) is 16.9 Å². The number of aromatic nitrogens is 2. The van der Waals surface area contributed by atoms with Gasteiger partial charge in [-0.15, -0.1) is 0 Å². The van der Waals surface area contributed by atoms with Crippen molar-refractivity contribution in [2.24, 2.45) is 0 Å². The topological polar surface area (TPSA) is 102 Å². The highest BCUT2D eigenvalue weighted by molar-refractivity contribution is 5.99. The Hall–Kier alpha value is -3.94. The molecule has 2 N–H and O–H groups in total. The van der Waals surface area contributed by atoms with Crippen molar-refractivity contribution in [2.45, 2.75) is 20.8 Å². The molecule has 0 atom stereocenters. The van der Waals surface area contributed by atoms with Gasteiger partial charge in [0.2, 0.25) is 0 Å². The molecule has 8 nitrogen and oxygen atoms in total. The van der Waals surface area contributed by atoms with Crippen molar-refractivity contribution in [3.05, 3.63) is 71.4 Å². The second-order valence-electron chi connectivity index (χ2n) is 6.97. The summed E-state index contributed by atoms with van der Waals surface area (Å²) in [5.41, 5.74) is 4.30. The predicted octanol–water partition coefficient (Wildman–Crippen LogP) is 3.16. The number of hydrogen-bond acceptors (Lipinski definition) is 5. The van der Waals surface area contributed by atoms with Crippen LogP contribution in [-0.4, -0.2) is 40.8 Å². The van der Waals surface area contributed by atoms with Gasteiger partial charge in [0, 0.05) is 18.3 Å². The zero-order valence-corrected chi connectivity index (χ0v) is 17.6. The lowest BCUT2D eigenvalue weighted by Crippen LogP contribution is -2.41. The molecule has 0 aliphatic rings. The van der Waals surface area contributed by atoms with Crippen molar-refractivity contribution in [1.29, 1.82) is 0 Å². The molecule has 0 aliphatic carbocycles. The molecule has 1 aromatic heterocycles. The molecule has 8 heteroatoms. The average Bonchev–Trinajstić information content (AvgIpc) is 3.18. The molecule has 3 rings (SSSR count). The first-order valence-electron chi connectivity index (χ1n) is 9.86. The fraction of sp³-hybridized carbons (Fsp3) is 0.217. The Bertz CT molecular complexity index is 1110. The minimum Gasteiger partial charge on any atom is -0.452 e. The summed E-state index contributed by atoms with van der Waals surface area (Å²) in [6.07, 6.45) is 1.58. The lowest BCUT2D eigenvalue weighted by atomic mass is 10.0. The average molecular weight is 420 g/mol. The van der Waals surface area contributed by atoms with Crippen molar-refractivity contribution in [2.75, 3.05) is 13.2 Å². The third-order valence-corrected chi connectivity index (χ3v) is 4.52. The highest BCUT2D eigenvalue weighted by atomic mass is 16.5. The van der Waals surface area contributed by atoms with Gasteiger partial charge in [0.1, 0.15) is 11.3 Å². The highest BCUT2D eigenvalue weighted by Gasteiger charge is 2.22. The van der Waals surface area contributed by atoms with E-state index in [1.54, 1.807) is 17.8 Å². The maximum atomic E-state index is 12.8. The Kier molecular flexibility index (Phi) is 6.81. The number of carbonyl (C=O) groups excluding carboxylic acids is 3. The Labute approximate surface area is 180 Å². The molecule has 3 aromatic rings. The molecule has 0 aliphatic heterocycles. The van der Waals surface area contributed by atoms with Crippen molar-refractivity contribution < 1.29 is 19.1 Å². The van der Waals surface area contributed by atoms with Gasteiger partial charge in [-0.2, -0.15) is 5.10 Å². The maximum absolute atomic E-state index is 12.8. The summed E-state index contributed by atoms with van der Waals surface area (Å²) in [5, 5.41) is 9.14. The molecule has 160 valence electrons. The van der Waals surface area contributed by atoms with Crippen LogP contribution in [-0.2, 0) is 9.53 Å². The smallest absolute Gasteiger partial charge is 0.342 e. The van der Waals surface area contributed by atoms with Crippen LogP contribution in [0.4, 0.5) is 4.79 Å². The molecule has 0 unspecified atom stereocenters. The number of nitrogens with one attached hydrogen (secondary N) is 2. The number of para-hydroxylation sites is 1. The van der Waals surface area contributed by atoms with Crippen LogP contribution in [0.3, 0.4) is 0 Å². The number of aryl methyl sites for hydroxylation is 2. The molecular formula is C23H24N4O4. The number of urea groups is 1. The molecule has 0 fully saturated rings. The lowest BCUT2D eigenvalue weighted by Gasteiger charge is -2.08. The number of hydrogen-bond donors (Lipinski definition) is 2. The van der Waals surface area contributed by atoms with E-state index < -0.39 is 24.5 Å². The monoisotopic (exact) mass is 420 g/mol. The lowest BCUT2D eigenvalue weighted by molar-refractivity contribution is -0.123. The second kappa shape index (κ2) is 9.71. The second-order valence-corrected chi connectivity index (χ2v) is 6.97. The first-order valence-corrected chi connectivity index (χ1v) is 9.86. The third-order valence-electron chi connectivity index (χ3n) is 4.52. The summed E-state index contributed by atoms with van der Waals surface area (Å²) in [6, 6.07) is 14.6. The van der Waals surface area contributed by atoms with Crippen LogP contribution in [0, 0.1) is 13.8 Å². The van der Waals surface area contributed by atoms with Gasteiger partial charge in [-0.05, 0) is 38.5 Å². The first kappa shape index (κ1) is 21.8. The SMILES string of the molecule is CCNC(=O)NC(=O)COC(=O)c1cn(-c2ccccc2)nc1-c1ccc(C)cc1C. The van der Waals surface area contributed by atoms with E-state index in [9.17, 15) is 14.4 Å². The largest absolute Gasteiger partial charge is 0.452 e. The van der Waals surface area contributed by atoms with Gasteiger partial charge in [-0.25, -0.2) is 14.3 Å². The number of esters is 1. The van der Waals surface area contributed by atoms with E-state index in [1.165, 1.54) is 0 Å². The fourth-order valence-corrected chi connectivity index (χ4v) is 3.09. The summed E-state index contributed by atoms with van der Waals surface area (Å²) in [4.78, 5) is 36.1. The molecule has 0 saturated heterocycles. The zero-order chi connectivity index (χ0) is 22.4. The molecule has 0 spiro atoms. The van der Waals surface area contributed by atoms with Crippen molar-refractivity contribution in [3.63, 3.8) is 0 Å². The molecule has 31 heavy (non-hydrogen) atoms. The Balaban J connectivity index is 1.89. The summed E-state index contributed by atoms with van der Waals surface area (Å²) in [7, 11) is 0. The standard InChI is InChI=1S/C23H24N4O4/c1-4-24-23(30)25-20(28)14-31-22(29)19-13-27(17-8-6-5-7-9-17)26-21(19)18-11-10-15(2)12-16(18)3/h5-13H,4,14H2,1-3H3,(H2,24,25,28,30). The molecule has 1 heterocycles. The van der Waals surface area contributed by atoms with Crippen LogP contribution in [0.15, 0.2) is 54.7 Å². The van der Waals surface area contributed by atoms with Crippen LogP contribution >= 0.6 is 0 Å². The van der Waals surface area contributed by atoms with E-state index in [4.69, 9.17) is 4.74 Å². The predicted molar refractivity (Wildman–Crippen MR) is 116 cm³/mol. The summed E-state index contributed by atoms with van der Waals surface area (Å²) < 4.78 is 6.76. The number of imide groups is 1. The Morgan fingerprint density at radius 2 is 1.81 bits per heavy atom. The van der Waals surface area contributed by atoms with Gasteiger partial charge in [0.25, 0.3) is 5.91 Å². The van der Waals surface area contributed by atoms with E-state index in [0.717, 1.165) is 22.4 Å². The Morgan fingerprint density at radius 3 is 2.48 bits per heavy atom. The first-order chi connectivity index (χ1) is 14.9. The molecule has 2 aromatic carbocycles. The van der Waals surface area contributed by atoms with Gasteiger partial charge < -0.3 is 10.1 Å². The number of ether oxygens (including phenoxy) is 1. The molecular weight excluding hydrogens is 396 g/mol. The number of amides is 3. The van der Waals surface area contributed by atoms with Crippen molar-refractivity contribution >= 4 is 17.9 Å². The summed E-state index contributed by atoms with van der Waals surface area (Å²) in [6.45, 7) is 5.44. The minimum absolute atomic E-state index is 0.224. The van der Waals surface area contributed by atoms with Crippen LogP contribution < -0.4 is 10.6 Å². The van der Waals surface area contributed by atoms with Crippen molar-refractivity contribution in [3.8, 4) is 16.9 Å². The van der Waals surface area contributed by atoms with E-state index in [-0.39, 0.29) is 5.56 Å². The number of carbonyl (C=O) groups is 3. The van der Waals surface area contributed by atoms with E-state index >= 15 is 0 Å². The summed E-state index contributed by atoms with van der Waals surface area (Å²) >= 11 is 0. The molecule has 0 bridgehead atoms. The molecule has 3 amide bonds. The van der Waals surface area contributed by atoms with Gasteiger partial charge in [0.15, 0.2) is 6.61 Å². The van der Waals surface area contributed by atoms with Crippen LogP contribution in [0.2, 0.25) is 0 Å². The zero-order valence-electron chi connectivity index (χ0n) is 17.6. The van der Waals surface area contributed by atoms with Crippen LogP contribution in [0.1, 0.15) is 28.4 Å². The number of benzene rings is 2. The molecule has 0 radical (unpaired) electrons. The van der Waals surface area contributed by atoms with Crippen LogP contribution in [0.5, 0.6) is 0 Å². The van der Waals surface area contributed by atoms with Crippen molar-refractivity contribution in [1.82, 2.24) is 20.4 Å². The minimum atomic E-state index is -0.720.